The second-order valence-corrected chi connectivity index (χ2v) is 8.24. The lowest BCUT2D eigenvalue weighted by Crippen LogP contribution is -2.43. The first kappa shape index (κ1) is 20.0. The van der Waals surface area contributed by atoms with Gasteiger partial charge in [-0.2, -0.15) is 17.0 Å². The molecule has 25 heavy (non-hydrogen) atoms. The second-order valence-electron chi connectivity index (χ2n) is 6.36. The molecule has 8 nitrogen and oxygen atoms in total. The lowest BCUT2D eigenvalue weighted by molar-refractivity contribution is 0.330. The van der Waals surface area contributed by atoms with Crippen molar-refractivity contribution in [3.63, 3.8) is 0 Å². The summed E-state index contributed by atoms with van der Waals surface area (Å²) < 4.78 is 29.0. The molecule has 0 aliphatic carbocycles. The molecule has 9 heteroatoms. The Morgan fingerprint density at radius 2 is 1.96 bits per heavy atom. The van der Waals surface area contributed by atoms with E-state index in [2.05, 4.69) is 15.3 Å². The van der Waals surface area contributed by atoms with Gasteiger partial charge in [-0.05, 0) is 19.9 Å². The Kier molecular flexibility index (Phi) is 6.72. The largest absolute Gasteiger partial charge is 0.363 e. The van der Waals surface area contributed by atoms with Gasteiger partial charge in [0.1, 0.15) is 11.6 Å². The van der Waals surface area contributed by atoms with Crippen LogP contribution in [0.15, 0.2) is 6.07 Å². The summed E-state index contributed by atoms with van der Waals surface area (Å²) in [6.45, 7) is 5.78. The van der Waals surface area contributed by atoms with Crippen LogP contribution in [0.2, 0.25) is 0 Å². The van der Waals surface area contributed by atoms with Gasteiger partial charge in [0, 0.05) is 46.3 Å². The van der Waals surface area contributed by atoms with Crippen LogP contribution in [0.1, 0.15) is 44.2 Å². The van der Waals surface area contributed by atoms with Gasteiger partial charge in [0.25, 0.3) is 10.2 Å². The maximum absolute atomic E-state index is 13.0. The number of hydrogen-bond acceptors (Lipinski definition) is 6. The van der Waals surface area contributed by atoms with Gasteiger partial charge in [0.2, 0.25) is 0 Å². The molecule has 2 heterocycles. The van der Waals surface area contributed by atoms with Crippen molar-refractivity contribution in [1.29, 1.82) is 0 Å². The SMILES string of the molecule is CCN(CC)S(=O)(=O)N1CCCC1c1nc(CNC)cc(N(C)C)n1. The van der Waals surface area contributed by atoms with Gasteiger partial charge in [0.15, 0.2) is 0 Å². The van der Waals surface area contributed by atoms with Gasteiger partial charge >= 0.3 is 0 Å². The minimum absolute atomic E-state index is 0.305. The molecular formula is C16H30N6O2S. The number of rotatable bonds is 8. The van der Waals surface area contributed by atoms with Gasteiger partial charge in [-0.25, -0.2) is 9.97 Å². The van der Waals surface area contributed by atoms with Crippen LogP contribution in [0.3, 0.4) is 0 Å². The molecule has 1 aliphatic heterocycles. The number of nitrogens with zero attached hydrogens (tertiary/aromatic N) is 5. The first-order chi connectivity index (χ1) is 11.8. The van der Waals surface area contributed by atoms with Gasteiger partial charge in [0.05, 0.1) is 11.7 Å². The molecule has 1 atom stereocenters. The van der Waals surface area contributed by atoms with Crippen molar-refractivity contribution in [3.05, 3.63) is 17.6 Å². The van der Waals surface area contributed by atoms with Crippen LogP contribution >= 0.6 is 0 Å². The van der Waals surface area contributed by atoms with Crippen LogP contribution in [0.5, 0.6) is 0 Å². The molecule has 0 aromatic carbocycles. The van der Waals surface area contributed by atoms with E-state index in [1.54, 1.807) is 4.31 Å². The monoisotopic (exact) mass is 370 g/mol. The van der Waals surface area contributed by atoms with E-state index in [9.17, 15) is 8.42 Å². The van der Waals surface area contributed by atoms with Crippen molar-refractivity contribution in [2.75, 3.05) is 45.7 Å². The Hall–Kier alpha value is -1.29. The maximum atomic E-state index is 13.0. The Labute approximate surface area is 151 Å². The molecule has 0 saturated carbocycles. The summed E-state index contributed by atoms with van der Waals surface area (Å²) in [5, 5.41) is 3.10. The minimum atomic E-state index is -3.50. The summed E-state index contributed by atoms with van der Waals surface area (Å²) in [5.74, 6) is 1.38. The number of nitrogens with one attached hydrogen (secondary N) is 1. The van der Waals surface area contributed by atoms with Crippen LogP contribution in [-0.4, -0.2) is 67.8 Å². The minimum Gasteiger partial charge on any atom is -0.363 e. The molecule has 0 spiro atoms. The lowest BCUT2D eigenvalue weighted by atomic mass is 10.2. The van der Waals surface area contributed by atoms with E-state index >= 15 is 0 Å². The third kappa shape index (κ3) is 4.28. The van der Waals surface area contributed by atoms with Crippen LogP contribution < -0.4 is 10.2 Å². The highest BCUT2D eigenvalue weighted by atomic mass is 32.2. The van der Waals surface area contributed by atoms with E-state index in [-0.39, 0.29) is 6.04 Å². The number of hydrogen-bond donors (Lipinski definition) is 1. The molecule has 1 N–H and O–H groups in total. The molecule has 0 amide bonds. The zero-order valence-corrected chi connectivity index (χ0v) is 16.7. The second kappa shape index (κ2) is 8.39. The third-order valence-corrected chi connectivity index (χ3v) is 6.63. The molecule has 2 rings (SSSR count). The van der Waals surface area contributed by atoms with E-state index in [0.29, 0.717) is 32.0 Å². The summed E-state index contributed by atoms with van der Waals surface area (Å²) in [7, 11) is 2.22. The zero-order chi connectivity index (χ0) is 18.6. The summed E-state index contributed by atoms with van der Waals surface area (Å²) in [4.78, 5) is 11.2. The van der Waals surface area contributed by atoms with E-state index < -0.39 is 10.2 Å². The van der Waals surface area contributed by atoms with Crippen molar-refractivity contribution < 1.29 is 8.42 Å². The molecule has 1 aromatic heterocycles. The standard InChI is InChI=1S/C16H30N6O2S/c1-6-21(7-2)25(23,24)22-10-8-9-14(22)16-18-13(12-17-3)11-15(19-16)20(4)5/h11,14,17H,6-10,12H2,1-5H3. The maximum Gasteiger partial charge on any atom is 0.282 e. The Bertz CT molecular complexity index is 675. The predicted molar refractivity (Wildman–Crippen MR) is 99.6 cm³/mol. The molecule has 0 radical (unpaired) electrons. The summed E-state index contributed by atoms with van der Waals surface area (Å²) in [6.07, 6.45) is 1.57. The molecule has 1 aliphatic rings. The fourth-order valence-corrected chi connectivity index (χ4v) is 4.96. The Morgan fingerprint density at radius 3 is 2.52 bits per heavy atom. The molecule has 142 valence electrons. The molecular weight excluding hydrogens is 340 g/mol. The van der Waals surface area contributed by atoms with E-state index in [1.165, 1.54) is 4.31 Å². The third-order valence-electron chi connectivity index (χ3n) is 4.43. The number of aromatic nitrogens is 2. The van der Waals surface area contributed by atoms with E-state index in [0.717, 1.165) is 24.4 Å². The van der Waals surface area contributed by atoms with Crippen molar-refractivity contribution in [3.8, 4) is 0 Å². The molecule has 1 fully saturated rings. The molecule has 1 saturated heterocycles. The van der Waals surface area contributed by atoms with Gasteiger partial charge < -0.3 is 10.2 Å². The van der Waals surface area contributed by atoms with Crippen LogP contribution in [0.25, 0.3) is 0 Å². The van der Waals surface area contributed by atoms with Crippen LogP contribution in [0.4, 0.5) is 5.82 Å². The topological polar surface area (TPSA) is 81.7 Å². The highest BCUT2D eigenvalue weighted by molar-refractivity contribution is 7.86. The van der Waals surface area contributed by atoms with Gasteiger partial charge in [-0.1, -0.05) is 13.8 Å². The summed E-state index contributed by atoms with van der Waals surface area (Å²) in [5.41, 5.74) is 0.864. The summed E-state index contributed by atoms with van der Waals surface area (Å²) >= 11 is 0. The lowest BCUT2D eigenvalue weighted by Gasteiger charge is -2.29. The Morgan fingerprint density at radius 1 is 1.28 bits per heavy atom. The quantitative estimate of drug-likeness (QED) is 0.735. The predicted octanol–water partition coefficient (Wildman–Crippen LogP) is 0.986. The fourth-order valence-electron chi connectivity index (χ4n) is 3.13. The van der Waals surface area contributed by atoms with E-state index in [4.69, 9.17) is 0 Å². The van der Waals surface area contributed by atoms with Gasteiger partial charge in [-0.15, -0.1) is 0 Å². The summed E-state index contributed by atoms with van der Waals surface area (Å²) in [6, 6.07) is 1.62. The average Bonchev–Trinajstić information content (AvgIpc) is 3.06. The first-order valence-corrected chi connectivity index (χ1v) is 10.2. The fraction of sp³-hybridized carbons (Fsp3) is 0.750. The molecule has 1 aromatic rings. The first-order valence-electron chi connectivity index (χ1n) is 8.81. The Balaban J connectivity index is 2.42. The molecule has 1 unspecified atom stereocenters. The van der Waals surface area contributed by atoms with Crippen molar-refractivity contribution >= 4 is 16.0 Å². The van der Waals surface area contributed by atoms with E-state index in [1.807, 2.05) is 46.0 Å². The highest BCUT2D eigenvalue weighted by Crippen LogP contribution is 2.34. The van der Waals surface area contributed by atoms with Crippen LogP contribution in [-0.2, 0) is 16.8 Å². The number of anilines is 1. The van der Waals surface area contributed by atoms with Crippen molar-refractivity contribution in [1.82, 2.24) is 23.9 Å². The molecule has 0 bridgehead atoms. The van der Waals surface area contributed by atoms with Crippen LogP contribution in [0, 0.1) is 0 Å². The normalized spacial score (nSPS) is 18.9. The smallest absolute Gasteiger partial charge is 0.282 e. The van der Waals surface area contributed by atoms with Gasteiger partial charge in [-0.3, -0.25) is 0 Å². The highest BCUT2D eigenvalue weighted by Gasteiger charge is 2.39. The zero-order valence-electron chi connectivity index (χ0n) is 15.9. The van der Waals surface area contributed by atoms with Crippen molar-refractivity contribution in [2.24, 2.45) is 0 Å². The van der Waals surface area contributed by atoms with Crippen molar-refractivity contribution in [2.45, 2.75) is 39.3 Å². The average molecular weight is 371 g/mol.